The number of hydrogen-bond donors (Lipinski definition) is 3. The molecule has 15 heavy (non-hydrogen) atoms. The van der Waals surface area contributed by atoms with Crippen LogP contribution < -0.4 is 0 Å². The third-order valence-electron chi connectivity index (χ3n) is 1.34. The molecule has 0 saturated carbocycles. The van der Waals surface area contributed by atoms with Crippen LogP contribution in [-0.2, 0) is 15.2 Å². The molecule has 1 rings (SSSR count). The average molecular weight is 237 g/mol. The third-order valence-corrected chi connectivity index (χ3v) is 1.34. The van der Waals surface area contributed by atoms with E-state index in [4.69, 9.17) is 22.6 Å². The number of carboxylic acids is 1. The van der Waals surface area contributed by atoms with Gasteiger partial charge in [-0.2, -0.15) is 8.42 Å². The van der Waals surface area contributed by atoms with Crippen LogP contribution in [0.1, 0.15) is 19.3 Å². The largest absolute Gasteiger partial charge is 0.481 e. The van der Waals surface area contributed by atoms with Crippen molar-refractivity contribution in [2.24, 2.45) is 4.99 Å². The lowest BCUT2D eigenvalue weighted by molar-refractivity contribution is -0.136. The van der Waals surface area contributed by atoms with Crippen LogP contribution in [0, 0.1) is 0 Å². The Hall–Kier alpha value is -1.25. The molecule has 0 atom stereocenters. The Labute approximate surface area is 86.7 Å². The van der Waals surface area contributed by atoms with Gasteiger partial charge >= 0.3 is 16.4 Å². The molecule has 0 radical (unpaired) electrons. The van der Waals surface area contributed by atoms with Crippen LogP contribution in [-0.4, -0.2) is 34.8 Å². The van der Waals surface area contributed by atoms with Gasteiger partial charge in [0.15, 0.2) is 0 Å². The van der Waals surface area contributed by atoms with Gasteiger partial charge in [-0.1, -0.05) is 0 Å². The van der Waals surface area contributed by atoms with Crippen molar-refractivity contribution < 1.29 is 27.4 Å². The van der Waals surface area contributed by atoms with Crippen LogP contribution in [0.15, 0.2) is 16.8 Å². The Morgan fingerprint density at radius 2 is 2.00 bits per heavy atom. The van der Waals surface area contributed by atoms with E-state index in [0.29, 0.717) is 0 Å². The van der Waals surface area contributed by atoms with Crippen molar-refractivity contribution in [3.05, 3.63) is 11.8 Å². The van der Waals surface area contributed by atoms with Gasteiger partial charge in [-0.15, -0.1) is 0 Å². The van der Waals surface area contributed by atoms with Crippen molar-refractivity contribution in [1.29, 1.82) is 0 Å². The van der Waals surface area contributed by atoms with Gasteiger partial charge in [0, 0.05) is 12.4 Å². The molecule has 1 heterocycles. The average Bonchev–Trinajstić information content (AvgIpc) is 2.01. The summed E-state index contributed by atoms with van der Waals surface area (Å²) in [6.45, 7) is 0. The summed E-state index contributed by atoms with van der Waals surface area (Å²) in [6, 6.07) is 0. The molecule has 0 aromatic carbocycles. The van der Waals surface area contributed by atoms with E-state index in [1.54, 1.807) is 12.4 Å². The molecule has 0 amide bonds. The van der Waals surface area contributed by atoms with Crippen LogP contribution in [0.25, 0.3) is 0 Å². The van der Waals surface area contributed by atoms with Crippen LogP contribution in [0.2, 0.25) is 0 Å². The van der Waals surface area contributed by atoms with Crippen molar-refractivity contribution in [1.82, 2.24) is 0 Å². The Morgan fingerprint density at radius 3 is 2.33 bits per heavy atom. The summed E-state index contributed by atoms with van der Waals surface area (Å²) in [5.74, 6) is -0.775. The number of rotatable bonds is 2. The van der Waals surface area contributed by atoms with Crippen molar-refractivity contribution in [2.75, 3.05) is 0 Å². The molecule has 8 heteroatoms. The number of carbonyl (C=O) groups is 1. The zero-order valence-corrected chi connectivity index (χ0v) is 8.51. The van der Waals surface area contributed by atoms with E-state index in [1.807, 2.05) is 0 Å². The third kappa shape index (κ3) is 12.8. The topological polar surface area (TPSA) is 124 Å². The first kappa shape index (κ1) is 13.8. The van der Waals surface area contributed by atoms with Crippen LogP contribution in [0.4, 0.5) is 0 Å². The molecular weight excluding hydrogens is 226 g/mol. The first-order valence-corrected chi connectivity index (χ1v) is 5.30. The summed E-state index contributed by atoms with van der Waals surface area (Å²) < 4.78 is 31.6. The number of aliphatic carboxylic acids is 1. The fourth-order valence-corrected chi connectivity index (χ4v) is 0.875. The summed E-state index contributed by atoms with van der Waals surface area (Å²) in [6.07, 6.45) is 5.29. The standard InChI is InChI=1S/C7H9NO2.H2O4S/c9-7(10)4-6-2-1-3-8-5-6;1-5(2,3)4/h3,5H,1-2,4H2,(H,9,10);(H2,1,2,3,4). The number of aliphatic imine (C=N–C) groups is 1. The predicted octanol–water partition coefficient (Wildman–Crippen LogP) is 0.557. The second-order valence-electron chi connectivity index (χ2n) is 2.68. The minimum absolute atomic E-state index is 0.136. The monoisotopic (exact) mass is 237 g/mol. The maximum absolute atomic E-state index is 10.2. The summed E-state index contributed by atoms with van der Waals surface area (Å²) in [5.41, 5.74) is 0.912. The lowest BCUT2D eigenvalue weighted by atomic mass is 10.1. The van der Waals surface area contributed by atoms with Crippen molar-refractivity contribution in [3.63, 3.8) is 0 Å². The molecule has 0 aromatic heterocycles. The Kier molecular flexibility index (Phi) is 5.75. The fraction of sp³-hybridized carbons (Fsp3) is 0.429. The molecule has 0 unspecified atom stereocenters. The van der Waals surface area contributed by atoms with E-state index >= 15 is 0 Å². The highest BCUT2D eigenvalue weighted by molar-refractivity contribution is 7.79. The second-order valence-corrected chi connectivity index (χ2v) is 3.57. The lowest BCUT2D eigenvalue weighted by Gasteiger charge is -2.03. The highest BCUT2D eigenvalue weighted by Crippen LogP contribution is 2.12. The first-order valence-electron chi connectivity index (χ1n) is 3.90. The van der Waals surface area contributed by atoms with Crippen molar-refractivity contribution in [2.45, 2.75) is 19.3 Å². The highest BCUT2D eigenvalue weighted by Gasteiger charge is 2.04. The second kappa shape index (κ2) is 6.27. The minimum atomic E-state index is -4.67. The Balaban J connectivity index is 0.000000336. The highest BCUT2D eigenvalue weighted by atomic mass is 32.3. The zero-order chi connectivity index (χ0) is 11.9. The predicted molar refractivity (Wildman–Crippen MR) is 52.2 cm³/mol. The van der Waals surface area contributed by atoms with Crippen molar-refractivity contribution >= 4 is 22.6 Å². The summed E-state index contributed by atoms with van der Waals surface area (Å²) >= 11 is 0. The van der Waals surface area contributed by atoms with Gasteiger partial charge in [0.2, 0.25) is 0 Å². The Morgan fingerprint density at radius 1 is 1.47 bits per heavy atom. The van der Waals surface area contributed by atoms with E-state index in [-0.39, 0.29) is 6.42 Å². The number of hydrogen-bond acceptors (Lipinski definition) is 4. The number of nitrogens with zero attached hydrogens (tertiary/aromatic N) is 1. The van der Waals surface area contributed by atoms with E-state index in [9.17, 15) is 4.79 Å². The molecule has 1 aliphatic heterocycles. The van der Waals surface area contributed by atoms with E-state index in [0.717, 1.165) is 18.4 Å². The van der Waals surface area contributed by atoms with E-state index < -0.39 is 16.4 Å². The molecule has 7 nitrogen and oxygen atoms in total. The number of carboxylic acid groups (broad SMARTS) is 1. The van der Waals surface area contributed by atoms with Crippen LogP contribution >= 0.6 is 0 Å². The van der Waals surface area contributed by atoms with Gasteiger partial charge in [-0.05, 0) is 18.4 Å². The molecule has 0 fully saturated rings. The smallest absolute Gasteiger partial charge is 0.394 e. The summed E-state index contributed by atoms with van der Waals surface area (Å²) in [4.78, 5) is 14.0. The van der Waals surface area contributed by atoms with Crippen LogP contribution in [0.3, 0.4) is 0 Å². The fourth-order valence-electron chi connectivity index (χ4n) is 0.875. The molecule has 0 spiro atoms. The van der Waals surface area contributed by atoms with Gasteiger partial charge in [0.25, 0.3) is 0 Å². The lowest BCUT2D eigenvalue weighted by Crippen LogP contribution is -1.99. The van der Waals surface area contributed by atoms with Gasteiger partial charge < -0.3 is 5.11 Å². The zero-order valence-electron chi connectivity index (χ0n) is 7.70. The normalized spacial score (nSPS) is 14.9. The molecule has 0 aliphatic carbocycles. The minimum Gasteiger partial charge on any atom is -0.481 e. The van der Waals surface area contributed by atoms with E-state index in [1.165, 1.54) is 0 Å². The van der Waals surface area contributed by atoms with Gasteiger partial charge in [0.1, 0.15) is 0 Å². The first-order chi connectivity index (χ1) is 6.79. The van der Waals surface area contributed by atoms with Crippen LogP contribution in [0.5, 0.6) is 0 Å². The van der Waals surface area contributed by atoms with Crippen molar-refractivity contribution in [3.8, 4) is 0 Å². The van der Waals surface area contributed by atoms with Gasteiger partial charge in [-0.25, -0.2) is 0 Å². The van der Waals surface area contributed by atoms with E-state index in [2.05, 4.69) is 4.99 Å². The SMILES string of the molecule is O=C(O)CC1=CN=CCC1.O=S(=O)(O)O. The quantitative estimate of drug-likeness (QED) is 0.602. The maximum Gasteiger partial charge on any atom is 0.394 e. The summed E-state index contributed by atoms with van der Waals surface area (Å²) in [7, 11) is -4.67. The summed E-state index contributed by atoms with van der Waals surface area (Å²) in [5, 5.41) is 8.37. The Bertz CT molecular complexity index is 361. The molecule has 0 saturated heterocycles. The molecular formula is C7H11NO6S. The molecule has 86 valence electrons. The van der Waals surface area contributed by atoms with Gasteiger partial charge in [0.05, 0.1) is 6.42 Å². The van der Waals surface area contributed by atoms with Gasteiger partial charge in [-0.3, -0.25) is 18.9 Å². The maximum atomic E-state index is 10.2. The molecule has 1 aliphatic rings. The molecule has 3 N–H and O–H groups in total. The molecule has 0 aromatic rings. The molecule has 0 bridgehead atoms.